The van der Waals surface area contributed by atoms with Crippen LogP contribution in [0.15, 0.2) is 59.3 Å². The lowest BCUT2D eigenvalue weighted by atomic mass is 10.1. The fourth-order valence-corrected chi connectivity index (χ4v) is 4.42. The quantitative estimate of drug-likeness (QED) is 0.499. The molecule has 0 unspecified atom stereocenters. The van der Waals surface area contributed by atoms with Gasteiger partial charge in [0.25, 0.3) is 5.91 Å². The molecule has 0 saturated heterocycles. The van der Waals surface area contributed by atoms with E-state index in [9.17, 15) is 9.59 Å². The van der Waals surface area contributed by atoms with Gasteiger partial charge < -0.3 is 19.2 Å². The molecule has 0 bridgehead atoms. The van der Waals surface area contributed by atoms with E-state index in [2.05, 4.69) is 21.8 Å². The summed E-state index contributed by atoms with van der Waals surface area (Å²) in [5.41, 5.74) is 1.85. The highest BCUT2D eigenvalue weighted by atomic mass is 16.4. The summed E-state index contributed by atoms with van der Waals surface area (Å²) in [7, 11) is 0. The molecule has 0 aromatic carbocycles. The molecule has 7 nitrogen and oxygen atoms in total. The van der Waals surface area contributed by atoms with Crippen molar-refractivity contribution in [3.8, 4) is 0 Å². The van der Waals surface area contributed by atoms with Crippen LogP contribution in [0.4, 0.5) is 0 Å². The Bertz CT molecular complexity index is 1050. The second-order valence-electron chi connectivity index (χ2n) is 8.64. The molecule has 0 radical (unpaired) electrons. The van der Waals surface area contributed by atoms with E-state index in [0.29, 0.717) is 25.4 Å². The number of furan rings is 1. The average molecular weight is 449 g/mol. The first kappa shape index (κ1) is 22.8. The third-order valence-corrected chi connectivity index (χ3v) is 6.15. The number of hydrogen-bond acceptors (Lipinski definition) is 4. The minimum Gasteiger partial charge on any atom is -0.454 e. The number of aromatic nitrogens is 2. The molecule has 4 rings (SSSR count). The van der Waals surface area contributed by atoms with E-state index in [4.69, 9.17) is 4.42 Å². The van der Waals surface area contributed by atoms with Gasteiger partial charge in [0.15, 0.2) is 5.76 Å². The fourth-order valence-electron chi connectivity index (χ4n) is 4.42. The molecule has 1 aliphatic carbocycles. The highest BCUT2D eigenvalue weighted by Crippen LogP contribution is 2.27. The minimum absolute atomic E-state index is 0.178. The van der Waals surface area contributed by atoms with Crippen LogP contribution in [0.25, 0.3) is 0 Å². The van der Waals surface area contributed by atoms with Crippen LogP contribution in [-0.2, 0) is 24.4 Å². The third-order valence-electron chi connectivity index (χ3n) is 6.15. The van der Waals surface area contributed by atoms with Crippen molar-refractivity contribution >= 4 is 11.8 Å². The Hall–Kier alpha value is -3.35. The maximum absolute atomic E-state index is 13.0. The first-order valence-electron chi connectivity index (χ1n) is 11.8. The lowest BCUT2D eigenvalue weighted by Crippen LogP contribution is -2.36. The maximum atomic E-state index is 13.0. The number of rotatable bonds is 10. The first-order chi connectivity index (χ1) is 16.1. The van der Waals surface area contributed by atoms with Crippen molar-refractivity contribution in [1.29, 1.82) is 0 Å². The van der Waals surface area contributed by atoms with Crippen LogP contribution in [-0.4, -0.2) is 32.8 Å². The van der Waals surface area contributed by atoms with Gasteiger partial charge in [-0.05, 0) is 55.7 Å². The van der Waals surface area contributed by atoms with E-state index in [1.165, 1.54) is 0 Å². The number of carbonyl (C=O) groups excluding carboxylic acids is 2. The number of nitrogens with zero attached hydrogens (tertiary/aromatic N) is 3. The third kappa shape index (κ3) is 5.92. The molecular formula is C26H32N4O3. The molecule has 2 amide bonds. The Balaban J connectivity index is 1.37. The van der Waals surface area contributed by atoms with Gasteiger partial charge in [0, 0.05) is 30.6 Å². The zero-order chi connectivity index (χ0) is 23.0. The molecule has 7 heteroatoms. The summed E-state index contributed by atoms with van der Waals surface area (Å²) in [5, 5.41) is 2.83. The molecule has 1 aliphatic rings. The monoisotopic (exact) mass is 448 g/mol. The Morgan fingerprint density at radius 3 is 2.76 bits per heavy atom. The van der Waals surface area contributed by atoms with Gasteiger partial charge in [-0.2, -0.15) is 0 Å². The standard InChI is InChI=1S/C26H32N4O3/c1-2-15-30(26(32)20-8-3-4-9-20)18-22-11-7-16-29(22)19-23-12-13-24(33-23)25(31)28-17-21-10-5-6-14-27-21/h5-7,10-14,16,20H,2-4,8-9,15,17-19H2,1H3,(H,28,31). The summed E-state index contributed by atoms with van der Waals surface area (Å²) in [4.78, 5) is 31.7. The number of nitrogens with one attached hydrogen (secondary N) is 1. The van der Waals surface area contributed by atoms with Gasteiger partial charge in [0.1, 0.15) is 5.76 Å². The number of hydrogen-bond donors (Lipinski definition) is 1. The molecule has 0 spiro atoms. The molecule has 174 valence electrons. The first-order valence-corrected chi connectivity index (χ1v) is 11.8. The van der Waals surface area contributed by atoms with E-state index in [1.54, 1.807) is 12.3 Å². The summed E-state index contributed by atoms with van der Waals surface area (Å²) in [6.45, 7) is 4.32. The van der Waals surface area contributed by atoms with Crippen LogP contribution in [0.2, 0.25) is 0 Å². The van der Waals surface area contributed by atoms with E-state index >= 15 is 0 Å². The van der Waals surface area contributed by atoms with Crippen molar-refractivity contribution in [3.05, 3.63) is 77.8 Å². The molecule has 1 N–H and O–H groups in total. The average Bonchev–Trinajstić information content (AvgIpc) is 3.61. The van der Waals surface area contributed by atoms with E-state index < -0.39 is 0 Å². The van der Waals surface area contributed by atoms with Gasteiger partial charge >= 0.3 is 0 Å². The summed E-state index contributed by atoms with van der Waals surface area (Å²) in [6, 6.07) is 13.1. The molecular weight excluding hydrogens is 416 g/mol. The fraction of sp³-hybridized carbons (Fsp3) is 0.423. The zero-order valence-electron chi connectivity index (χ0n) is 19.2. The summed E-state index contributed by atoms with van der Waals surface area (Å²) >= 11 is 0. The topological polar surface area (TPSA) is 80.4 Å². The number of carbonyl (C=O) groups is 2. The highest BCUT2D eigenvalue weighted by Gasteiger charge is 2.27. The smallest absolute Gasteiger partial charge is 0.287 e. The van der Waals surface area contributed by atoms with Crippen molar-refractivity contribution < 1.29 is 14.0 Å². The van der Waals surface area contributed by atoms with Crippen molar-refractivity contribution in [3.63, 3.8) is 0 Å². The molecule has 1 saturated carbocycles. The van der Waals surface area contributed by atoms with Gasteiger partial charge in [-0.1, -0.05) is 25.8 Å². The van der Waals surface area contributed by atoms with E-state index in [0.717, 1.165) is 50.0 Å². The second kappa shape index (κ2) is 11.0. The van der Waals surface area contributed by atoms with Crippen LogP contribution >= 0.6 is 0 Å². The predicted molar refractivity (Wildman–Crippen MR) is 125 cm³/mol. The summed E-state index contributed by atoms with van der Waals surface area (Å²) in [6.07, 6.45) is 8.96. The van der Waals surface area contributed by atoms with Crippen molar-refractivity contribution in [2.75, 3.05) is 6.54 Å². The molecule has 3 aromatic rings. The van der Waals surface area contributed by atoms with Crippen LogP contribution in [0.3, 0.4) is 0 Å². The van der Waals surface area contributed by atoms with Crippen molar-refractivity contribution in [1.82, 2.24) is 19.8 Å². The van der Waals surface area contributed by atoms with Gasteiger partial charge in [0.05, 0.1) is 25.3 Å². The minimum atomic E-state index is -0.268. The SMILES string of the molecule is CCCN(Cc1cccn1Cc1ccc(C(=O)NCc2ccccn2)o1)C(=O)C1CCCC1. The predicted octanol–water partition coefficient (Wildman–Crippen LogP) is 4.38. The molecule has 33 heavy (non-hydrogen) atoms. The number of pyridine rings is 1. The second-order valence-corrected chi connectivity index (χ2v) is 8.64. The lowest BCUT2D eigenvalue weighted by molar-refractivity contribution is -0.136. The molecule has 0 aliphatic heterocycles. The highest BCUT2D eigenvalue weighted by molar-refractivity contribution is 5.91. The van der Waals surface area contributed by atoms with E-state index in [-0.39, 0.29) is 23.5 Å². The van der Waals surface area contributed by atoms with Gasteiger partial charge in [-0.15, -0.1) is 0 Å². The molecule has 0 atom stereocenters. The lowest BCUT2D eigenvalue weighted by Gasteiger charge is -2.26. The van der Waals surface area contributed by atoms with Crippen LogP contribution in [0.5, 0.6) is 0 Å². The zero-order valence-corrected chi connectivity index (χ0v) is 19.2. The van der Waals surface area contributed by atoms with Gasteiger partial charge in [0.2, 0.25) is 5.91 Å². The Kier molecular flexibility index (Phi) is 7.60. The largest absolute Gasteiger partial charge is 0.454 e. The Morgan fingerprint density at radius 1 is 1.15 bits per heavy atom. The Labute approximate surface area is 194 Å². The number of amides is 2. The van der Waals surface area contributed by atoms with Crippen LogP contribution in [0.1, 0.15) is 66.7 Å². The van der Waals surface area contributed by atoms with Crippen LogP contribution in [0, 0.1) is 5.92 Å². The normalized spacial score (nSPS) is 13.8. The van der Waals surface area contributed by atoms with Crippen molar-refractivity contribution in [2.45, 2.75) is 58.7 Å². The molecule has 3 aromatic heterocycles. The summed E-state index contributed by atoms with van der Waals surface area (Å²) < 4.78 is 7.89. The maximum Gasteiger partial charge on any atom is 0.287 e. The summed E-state index contributed by atoms with van der Waals surface area (Å²) in [5.74, 6) is 1.17. The Morgan fingerprint density at radius 2 is 2.00 bits per heavy atom. The van der Waals surface area contributed by atoms with Gasteiger partial charge in [-0.3, -0.25) is 14.6 Å². The molecule has 3 heterocycles. The van der Waals surface area contributed by atoms with Crippen LogP contribution < -0.4 is 5.32 Å². The van der Waals surface area contributed by atoms with E-state index in [1.807, 2.05) is 47.5 Å². The molecule has 1 fully saturated rings. The van der Waals surface area contributed by atoms with Crippen molar-refractivity contribution in [2.24, 2.45) is 5.92 Å². The van der Waals surface area contributed by atoms with Gasteiger partial charge in [-0.25, -0.2) is 0 Å².